The molecule has 0 saturated carbocycles. The van der Waals surface area contributed by atoms with Gasteiger partial charge >= 0.3 is 6.03 Å². The SMILES string of the molecule is Cc1ccc(CCC2(C)C(=O)N(C(=O)NC(C)c3ccccc3)/C2=C\OCc2ccccc2)cc1. The maximum atomic E-state index is 13.3. The van der Waals surface area contributed by atoms with Crippen LogP contribution in [0.4, 0.5) is 4.79 Å². The minimum atomic E-state index is -0.797. The van der Waals surface area contributed by atoms with Crippen LogP contribution in [0.2, 0.25) is 0 Å². The number of ether oxygens (including phenoxy) is 1. The van der Waals surface area contributed by atoms with Crippen LogP contribution in [0, 0.1) is 12.3 Å². The zero-order valence-electron chi connectivity index (χ0n) is 20.5. The van der Waals surface area contributed by atoms with Crippen molar-refractivity contribution in [3.8, 4) is 0 Å². The number of urea groups is 1. The van der Waals surface area contributed by atoms with Gasteiger partial charge in [-0.2, -0.15) is 0 Å². The molecule has 0 radical (unpaired) electrons. The van der Waals surface area contributed by atoms with Gasteiger partial charge in [-0.1, -0.05) is 90.5 Å². The van der Waals surface area contributed by atoms with Crippen LogP contribution in [0.5, 0.6) is 0 Å². The van der Waals surface area contributed by atoms with E-state index in [1.54, 1.807) is 6.26 Å². The summed E-state index contributed by atoms with van der Waals surface area (Å²) in [4.78, 5) is 27.7. The van der Waals surface area contributed by atoms with E-state index in [0.717, 1.165) is 23.1 Å². The Morgan fingerprint density at radius 2 is 1.60 bits per heavy atom. The molecule has 3 aromatic rings. The minimum absolute atomic E-state index is 0.211. The standard InChI is InChI=1S/C30H32N2O3/c1-22-14-16-24(17-15-22)18-19-30(3)27(21-35-20-25-10-6-4-7-11-25)32(28(30)33)29(34)31-23(2)26-12-8-5-9-13-26/h4-17,21,23H,18-20H2,1-3H3,(H,31,34)/b27-21-. The zero-order valence-corrected chi connectivity index (χ0v) is 20.5. The van der Waals surface area contributed by atoms with E-state index in [4.69, 9.17) is 4.74 Å². The number of carbonyl (C=O) groups is 2. The molecule has 0 bridgehead atoms. The molecule has 180 valence electrons. The number of hydrogen-bond acceptors (Lipinski definition) is 3. The zero-order chi connectivity index (χ0) is 24.8. The van der Waals surface area contributed by atoms with Crippen molar-refractivity contribution in [2.24, 2.45) is 5.41 Å². The lowest BCUT2D eigenvalue weighted by atomic mass is 9.73. The molecule has 1 saturated heterocycles. The average molecular weight is 469 g/mol. The second-order valence-corrected chi connectivity index (χ2v) is 9.34. The first-order valence-electron chi connectivity index (χ1n) is 12.0. The smallest absolute Gasteiger partial charge is 0.329 e. The van der Waals surface area contributed by atoms with Gasteiger partial charge in [0.25, 0.3) is 0 Å². The van der Waals surface area contributed by atoms with Crippen molar-refractivity contribution in [1.29, 1.82) is 0 Å². The Morgan fingerprint density at radius 1 is 0.971 bits per heavy atom. The van der Waals surface area contributed by atoms with E-state index >= 15 is 0 Å². The number of carbonyl (C=O) groups excluding carboxylic acids is 2. The second-order valence-electron chi connectivity index (χ2n) is 9.34. The third kappa shape index (κ3) is 5.46. The van der Waals surface area contributed by atoms with Gasteiger partial charge in [-0.05, 0) is 50.3 Å². The molecule has 0 spiro atoms. The molecule has 2 unspecified atom stereocenters. The van der Waals surface area contributed by atoms with Crippen LogP contribution in [0.15, 0.2) is 96.9 Å². The summed E-state index contributed by atoms with van der Waals surface area (Å²) < 4.78 is 5.87. The fourth-order valence-electron chi connectivity index (χ4n) is 4.29. The average Bonchev–Trinajstić information content (AvgIpc) is 2.88. The molecule has 1 heterocycles. The summed E-state index contributed by atoms with van der Waals surface area (Å²) in [7, 11) is 0. The number of nitrogens with zero attached hydrogens (tertiary/aromatic N) is 1. The highest BCUT2D eigenvalue weighted by molar-refractivity contribution is 6.07. The van der Waals surface area contributed by atoms with Crippen LogP contribution in [0.1, 0.15) is 48.6 Å². The molecule has 0 aromatic heterocycles. The maximum Gasteiger partial charge on any atom is 0.329 e. The number of hydrogen-bond donors (Lipinski definition) is 1. The van der Waals surface area contributed by atoms with Crippen molar-refractivity contribution in [1.82, 2.24) is 10.2 Å². The first kappa shape index (κ1) is 24.3. The fourth-order valence-corrected chi connectivity index (χ4v) is 4.29. The molecule has 0 aliphatic carbocycles. The molecular weight excluding hydrogens is 436 g/mol. The van der Waals surface area contributed by atoms with E-state index in [9.17, 15) is 9.59 Å². The topological polar surface area (TPSA) is 58.6 Å². The van der Waals surface area contributed by atoms with Crippen LogP contribution < -0.4 is 5.32 Å². The lowest BCUT2D eigenvalue weighted by molar-refractivity contribution is -0.146. The molecular formula is C30H32N2O3. The fraction of sp³-hybridized carbons (Fsp3) is 0.267. The summed E-state index contributed by atoms with van der Waals surface area (Å²) in [6.07, 6.45) is 2.90. The molecule has 3 aromatic carbocycles. The predicted octanol–water partition coefficient (Wildman–Crippen LogP) is 6.31. The molecule has 1 aliphatic rings. The summed E-state index contributed by atoms with van der Waals surface area (Å²) in [5, 5.41) is 2.95. The molecule has 5 nitrogen and oxygen atoms in total. The number of rotatable bonds is 8. The highest BCUT2D eigenvalue weighted by Crippen LogP contribution is 2.46. The molecule has 1 aliphatic heterocycles. The normalized spacial score (nSPS) is 19.2. The Balaban J connectivity index is 1.51. The summed E-state index contributed by atoms with van der Waals surface area (Å²) in [5.74, 6) is -0.211. The van der Waals surface area contributed by atoms with E-state index in [1.165, 1.54) is 10.5 Å². The summed E-state index contributed by atoms with van der Waals surface area (Å²) >= 11 is 0. The molecule has 1 fully saturated rings. The second kappa shape index (κ2) is 10.6. The quantitative estimate of drug-likeness (QED) is 0.312. The van der Waals surface area contributed by atoms with Crippen LogP contribution in [-0.4, -0.2) is 16.8 Å². The largest absolute Gasteiger partial charge is 0.495 e. The first-order valence-corrected chi connectivity index (χ1v) is 12.0. The lowest BCUT2D eigenvalue weighted by Gasteiger charge is -2.47. The minimum Gasteiger partial charge on any atom is -0.495 e. The van der Waals surface area contributed by atoms with Crippen LogP contribution in [0.25, 0.3) is 0 Å². The van der Waals surface area contributed by atoms with Gasteiger partial charge in [0.2, 0.25) is 5.91 Å². The Bertz CT molecular complexity index is 1190. The maximum absolute atomic E-state index is 13.3. The van der Waals surface area contributed by atoms with Crippen molar-refractivity contribution in [3.05, 3.63) is 119 Å². The van der Waals surface area contributed by atoms with Crippen molar-refractivity contribution in [2.45, 2.75) is 46.3 Å². The van der Waals surface area contributed by atoms with Crippen LogP contribution in [-0.2, 0) is 22.6 Å². The predicted molar refractivity (Wildman–Crippen MR) is 137 cm³/mol. The molecule has 2 atom stereocenters. The van der Waals surface area contributed by atoms with Gasteiger partial charge in [0, 0.05) is 0 Å². The highest BCUT2D eigenvalue weighted by atomic mass is 16.5. The number of nitrogens with one attached hydrogen (secondary N) is 1. The molecule has 35 heavy (non-hydrogen) atoms. The Labute approximate surface area is 207 Å². The van der Waals surface area contributed by atoms with Gasteiger partial charge in [0.05, 0.1) is 17.2 Å². The number of aryl methyl sites for hydroxylation is 2. The van der Waals surface area contributed by atoms with Gasteiger partial charge in [-0.15, -0.1) is 0 Å². The molecule has 3 amide bonds. The Morgan fingerprint density at radius 3 is 2.26 bits per heavy atom. The first-order chi connectivity index (χ1) is 16.9. The highest BCUT2D eigenvalue weighted by Gasteiger charge is 2.56. The Hall–Kier alpha value is -3.86. The van der Waals surface area contributed by atoms with Crippen LogP contribution in [0.3, 0.4) is 0 Å². The monoisotopic (exact) mass is 468 g/mol. The number of imide groups is 1. The van der Waals surface area contributed by atoms with Gasteiger partial charge in [0.1, 0.15) is 12.9 Å². The van der Waals surface area contributed by atoms with E-state index in [0.29, 0.717) is 18.7 Å². The van der Waals surface area contributed by atoms with E-state index in [2.05, 4.69) is 36.5 Å². The summed E-state index contributed by atoms with van der Waals surface area (Å²) in [6.45, 7) is 6.22. The third-order valence-corrected chi connectivity index (χ3v) is 6.65. The van der Waals surface area contributed by atoms with Gasteiger partial charge in [0.15, 0.2) is 0 Å². The summed E-state index contributed by atoms with van der Waals surface area (Å²) in [6, 6.07) is 27.2. The van der Waals surface area contributed by atoms with Crippen LogP contribution >= 0.6 is 0 Å². The summed E-state index contributed by atoms with van der Waals surface area (Å²) in [5.41, 5.74) is 4.14. The van der Waals surface area contributed by atoms with E-state index in [1.807, 2.05) is 74.5 Å². The van der Waals surface area contributed by atoms with Gasteiger partial charge < -0.3 is 10.1 Å². The van der Waals surface area contributed by atoms with Crippen molar-refractivity contribution < 1.29 is 14.3 Å². The van der Waals surface area contributed by atoms with Crippen molar-refractivity contribution in [2.75, 3.05) is 0 Å². The van der Waals surface area contributed by atoms with Crippen molar-refractivity contribution in [3.63, 3.8) is 0 Å². The lowest BCUT2D eigenvalue weighted by Crippen LogP contribution is -2.62. The number of β-lactam (4-membered cyclic amide) rings is 1. The molecule has 1 N–H and O–H groups in total. The number of benzene rings is 3. The van der Waals surface area contributed by atoms with E-state index < -0.39 is 11.4 Å². The van der Waals surface area contributed by atoms with Gasteiger partial charge in [-0.25, -0.2) is 9.69 Å². The Kier molecular flexibility index (Phi) is 7.35. The van der Waals surface area contributed by atoms with E-state index in [-0.39, 0.29) is 11.9 Å². The molecule has 5 heteroatoms. The number of amides is 3. The third-order valence-electron chi connectivity index (χ3n) is 6.65. The van der Waals surface area contributed by atoms with Gasteiger partial charge in [-0.3, -0.25) is 4.79 Å². The van der Waals surface area contributed by atoms with Crippen molar-refractivity contribution >= 4 is 11.9 Å². The number of likely N-dealkylation sites (tertiary alicyclic amines) is 1. The molecule has 4 rings (SSSR count).